The Morgan fingerprint density at radius 1 is 0.962 bits per heavy atom. The number of carbonyl (C=O) groups excluding carboxylic acids is 2. The quantitative estimate of drug-likeness (QED) is 0.810. The minimum absolute atomic E-state index is 0.340. The molecule has 3 amide bonds. The zero-order valence-corrected chi connectivity index (χ0v) is 15.7. The molecular weight excluding hydrogens is 328 g/mol. The van der Waals surface area contributed by atoms with E-state index in [1.54, 1.807) is 38.3 Å². The van der Waals surface area contributed by atoms with E-state index in [1.807, 2.05) is 24.3 Å². The fourth-order valence-electron chi connectivity index (χ4n) is 2.62. The highest BCUT2D eigenvalue weighted by molar-refractivity contribution is 6.03. The molecule has 2 aromatic carbocycles. The van der Waals surface area contributed by atoms with Gasteiger partial charge in [0.2, 0.25) is 5.91 Å². The number of anilines is 1. The summed E-state index contributed by atoms with van der Waals surface area (Å²) < 4.78 is 5.07. The summed E-state index contributed by atoms with van der Waals surface area (Å²) in [5, 5.41) is 5.02. The van der Waals surface area contributed by atoms with E-state index in [4.69, 9.17) is 4.74 Å². The Bertz CT molecular complexity index is 737. The number of benzene rings is 2. The van der Waals surface area contributed by atoms with Gasteiger partial charge in [-0.05, 0) is 54.7 Å². The van der Waals surface area contributed by atoms with Crippen LogP contribution in [-0.4, -0.2) is 19.0 Å². The van der Waals surface area contributed by atoms with Gasteiger partial charge in [0.15, 0.2) is 0 Å². The highest BCUT2D eigenvalue weighted by Crippen LogP contribution is 2.18. The number of ether oxygens (including phenoxy) is 1. The van der Waals surface area contributed by atoms with Gasteiger partial charge in [-0.3, -0.25) is 10.1 Å². The van der Waals surface area contributed by atoms with Crippen molar-refractivity contribution in [3.8, 4) is 5.75 Å². The average Bonchev–Trinajstić information content (AvgIpc) is 2.61. The first kappa shape index (κ1) is 19.5. The number of methoxy groups -OCH3 is 1. The van der Waals surface area contributed by atoms with E-state index in [9.17, 15) is 9.59 Å². The van der Waals surface area contributed by atoms with Gasteiger partial charge in [0.1, 0.15) is 5.75 Å². The summed E-state index contributed by atoms with van der Waals surface area (Å²) in [4.78, 5) is 24.3. The Morgan fingerprint density at radius 2 is 1.58 bits per heavy atom. The second-order valence-electron chi connectivity index (χ2n) is 6.73. The summed E-state index contributed by atoms with van der Waals surface area (Å²) in [7, 11) is 1.57. The van der Waals surface area contributed by atoms with Crippen molar-refractivity contribution in [3.63, 3.8) is 0 Å². The smallest absolute Gasteiger partial charge is 0.325 e. The Labute approximate surface area is 154 Å². The molecule has 5 heteroatoms. The topological polar surface area (TPSA) is 67.4 Å². The van der Waals surface area contributed by atoms with Crippen LogP contribution in [0.4, 0.5) is 10.5 Å². The molecule has 0 saturated carbocycles. The molecule has 0 heterocycles. The van der Waals surface area contributed by atoms with Crippen LogP contribution in [0.25, 0.3) is 0 Å². The van der Waals surface area contributed by atoms with Crippen LogP contribution in [0.5, 0.6) is 5.75 Å². The third-order valence-electron chi connectivity index (χ3n) is 4.10. The maximum absolute atomic E-state index is 12.3. The van der Waals surface area contributed by atoms with Crippen LogP contribution in [0.15, 0.2) is 48.5 Å². The lowest BCUT2D eigenvalue weighted by atomic mass is 9.96. The maximum atomic E-state index is 12.3. The first-order valence-corrected chi connectivity index (χ1v) is 8.73. The first-order chi connectivity index (χ1) is 12.4. The van der Waals surface area contributed by atoms with E-state index < -0.39 is 11.9 Å². The van der Waals surface area contributed by atoms with Crippen LogP contribution in [0.2, 0.25) is 0 Å². The second-order valence-corrected chi connectivity index (χ2v) is 6.73. The summed E-state index contributed by atoms with van der Waals surface area (Å²) in [6.45, 7) is 6.13. The van der Waals surface area contributed by atoms with Gasteiger partial charge in [-0.15, -0.1) is 0 Å². The van der Waals surface area contributed by atoms with Gasteiger partial charge in [-0.25, -0.2) is 4.79 Å². The van der Waals surface area contributed by atoms with Gasteiger partial charge >= 0.3 is 6.03 Å². The molecule has 0 aliphatic rings. The molecule has 0 radical (unpaired) electrons. The molecule has 2 N–H and O–H groups in total. The molecule has 0 aromatic heterocycles. The fraction of sp³-hybridized carbons (Fsp3) is 0.333. The number of hydrogen-bond donors (Lipinski definition) is 2. The van der Waals surface area contributed by atoms with E-state index >= 15 is 0 Å². The summed E-state index contributed by atoms with van der Waals surface area (Å²) in [6.07, 6.45) is 1.01. The number of amides is 3. The number of imide groups is 1. The highest BCUT2D eigenvalue weighted by Gasteiger charge is 2.18. The van der Waals surface area contributed by atoms with Crippen molar-refractivity contribution in [2.24, 2.45) is 5.92 Å². The molecule has 2 rings (SSSR count). The van der Waals surface area contributed by atoms with Gasteiger partial charge in [0, 0.05) is 5.69 Å². The number of urea groups is 1. The standard InChI is InChI=1S/C21H26N2O3/c1-14(2)13-16-5-7-17(8-6-16)15(3)20(24)23-21(25)22-18-9-11-19(26-4)12-10-18/h5-12,14-15H,13H2,1-4H3,(H2,22,23,24,25)/t15-/m0/s1. The number of hydrogen-bond acceptors (Lipinski definition) is 3. The van der Waals surface area contributed by atoms with Crippen molar-refractivity contribution in [3.05, 3.63) is 59.7 Å². The molecule has 0 saturated heterocycles. The summed E-state index contributed by atoms with van der Waals surface area (Å²) in [6, 6.07) is 14.3. The van der Waals surface area contributed by atoms with Gasteiger partial charge in [-0.1, -0.05) is 38.1 Å². The Kier molecular flexibility index (Phi) is 6.78. The van der Waals surface area contributed by atoms with Gasteiger partial charge in [0.25, 0.3) is 0 Å². The van der Waals surface area contributed by atoms with Crippen molar-refractivity contribution >= 4 is 17.6 Å². The number of nitrogens with one attached hydrogen (secondary N) is 2. The summed E-state index contributed by atoms with van der Waals surface area (Å²) in [5.41, 5.74) is 2.71. The van der Waals surface area contributed by atoms with E-state index in [1.165, 1.54) is 5.56 Å². The predicted molar refractivity (Wildman–Crippen MR) is 104 cm³/mol. The average molecular weight is 354 g/mol. The van der Waals surface area contributed by atoms with E-state index in [0.717, 1.165) is 12.0 Å². The zero-order valence-electron chi connectivity index (χ0n) is 15.7. The van der Waals surface area contributed by atoms with E-state index in [0.29, 0.717) is 17.4 Å². The van der Waals surface area contributed by atoms with Crippen LogP contribution < -0.4 is 15.4 Å². The lowest BCUT2D eigenvalue weighted by molar-refractivity contribution is -0.121. The van der Waals surface area contributed by atoms with Gasteiger partial charge in [-0.2, -0.15) is 0 Å². The van der Waals surface area contributed by atoms with Crippen molar-refractivity contribution in [1.82, 2.24) is 5.32 Å². The largest absolute Gasteiger partial charge is 0.497 e. The second kappa shape index (κ2) is 9.04. The van der Waals surface area contributed by atoms with Crippen LogP contribution >= 0.6 is 0 Å². The molecule has 0 bridgehead atoms. The van der Waals surface area contributed by atoms with Gasteiger partial charge < -0.3 is 10.1 Å². The van der Waals surface area contributed by atoms with Crippen molar-refractivity contribution in [1.29, 1.82) is 0 Å². The zero-order chi connectivity index (χ0) is 19.1. The lowest BCUT2D eigenvalue weighted by Gasteiger charge is -2.13. The van der Waals surface area contributed by atoms with Crippen LogP contribution in [0.1, 0.15) is 37.8 Å². The van der Waals surface area contributed by atoms with Crippen molar-refractivity contribution < 1.29 is 14.3 Å². The summed E-state index contributed by atoms with van der Waals surface area (Å²) in [5.74, 6) is 0.530. The third-order valence-corrected chi connectivity index (χ3v) is 4.10. The molecule has 0 fully saturated rings. The molecule has 1 atom stereocenters. The minimum atomic E-state index is -0.552. The van der Waals surface area contributed by atoms with Gasteiger partial charge in [0.05, 0.1) is 13.0 Å². The molecule has 138 valence electrons. The molecule has 26 heavy (non-hydrogen) atoms. The minimum Gasteiger partial charge on any atom is -0.497 e. The van der Waals surface area contributed by atoms with E-state index in [2.05, 4.69) is 24.5 Å². The van der Waals surface area contributed by atoms with Crippen LogP contribution in [0.3, 0.4) is 0 Å². The number of rotatable bonds is 6. The normalized spacial score (nSPS) is 11.7. The third kappa shape index (κ3) is 5.62. The first-order valence-electron chi connectivity index (χ1n) is 8.73. The number of carbonyl (C=O) groups is 2. The Hall–Kier alpha value is -2.82. The monoisotopic (exact) mass is 354 g/mol. The fourth-order valence-corrected chi connectivity index (χ4v) is 2.62. The van der Waals surface area contributed by atoms with Crippen molar-refractivity contribution in [2.45, 2.75) is 33.1 Å². The maximum Gasteiger partial charge on any atom is 0.325 e. The lowest BCUT2D eigenvalue weighted by Crippen LogP contribution is -2.36. The van der Waals surface area contributed by atoms with Crippen LogP contribution in [0, 0.1) is 5.92 Å². The van der Waals surface area contributed by atoms with Crippen molar-refractivity contribution in [2.75, 3.05) is 12.4 Å². The molecule has 0 aliphatic carbocycles. The molecule has 0 aliphatic heterocycles. The van der Waals surface area contributed by atoms with Crippen LogP contribution in [-0.2, 0) is 11.2 Å². The Balaban J connectivity index is 1.91. The molecule has 0 unspecified atom stereocenters. The molecule has 0 spiro atoms. The van der Waals surface area contributed by atoms with E-state index in [-0.39, 0.29) is 5.91 Å². The molecular formula is C21H26N2O3. The SMILES string of the molecule is COc1ccc(NC(=O)NC(=O)[C@@H](C)c2ccc(CC(C)C)cc2)cc1. The predicted octanol–water partition coefficient (Wildman–Crippen LogP) is 4.35. The highest BCUT2D eigenvalue weighted by atomic mass is 16.5. The summed E-state index contributed by atoms with van der Waals surface area (Å²) >= 11 is 0. The molecule has 5 nitrogen and oxygen atoms in total. The molecule has 2 aromatic rings. The Morgan fingerprint density at radius 3 is 2.12 bits per heavy atom.